The van der Waals surface area contributed by atoms with Crippen LogP contribution in [0, 0.1) is 0 Å². The Bertz CT molecular complexity index is 621. The molecule has 1 fully saturated rings. The molecule has 3 rings (SSSR count). The Morgan fingerprint density at radius 1 is 1.47 bits per heavy atom. The zero-order valence-electron chi connectivity index (χ0n) is 10.9. The van der Waals surface area contributed by atoms with Gasteiger partial charge in [0.15, 0.2) is 0 Å². The molecule has 0 saturated carbocycles. The minimum absolute atomic E-state index is 0.704. The highest BCUT2D eigenvalue weighted by atomic mass is 32.1. The summed E-state index contributed by atoms with van der Waals surface area (Å²) in [5.41, 5.74) is 0.540. The first-order valence-electron chi connectivity index (χ1n) is 6.55. The predicted octanol–water partition coefficient (Wildman–Crippen LogP) is 3.34. The number of likely N-dealkylation sites (tertiary alicyclic amines) is 1. The van der Waals surface area contributed by atoms with Gasteiger partial charge in [-0.05, 0) is 48.7 Å². The Kier molecular flexibility index (Phi) is 3.07. The molecule has 0 radical (unpaired) electrons. The third kappa shape index (κ3) is 2.05. The van der Waals surface area contributed by atoms with Gasteiger partial charge in [0.1, 0.15) is 5.54 Å². The van der Waals surface area contributed by atoms with Crippen LogP contribution in [-0.4, -0.2) is 28.1 Å². The highest BCUT2D eigenvalue weighted by Crippen LogP contribution is 2.33. The molecule has 0 bridgehead atoms. The van der Waals surface area contributed by atoms with Gasteiger partial charge < -0.3 is 5.11 Å². The normalized spacial score (nSPS) is 24.1. The van der Waals surface area contributed by atoms with E-state index in [1.165, 1.54) is 15.6 Å². The summed E-state index contributed by atoms with van der Waals surface area (Å²) in [6.45, 7) is 3.44. The molecule has 1 aliphatic heterocycles. The molecule has 1 atom stereocenters. The molecule has 1 aromatic heterocycles. The molecule has 2 aromatic rings. The molecule has 4 heteroatoms. The number of hydrogen-bond donors (Lipinski definition) is 1. The summed E-state index contributed by atoms with van der Waals surface area (Å²) >= 11 is 1.73. The molecule has 19 heavy (non-hydrogen) atoms. The number of carboxylic acids is 1. The van der Waals surface area contributed by atoms with Crippen LogP contribution in [-0.2, 0) is 11.3 Å². The lowest BCUT2D eigenvalue weighted by atomic mass is 9.99. The number of benzene rings is 1. The van der Waals surface area contributed by atoms with Crippen molar-refractivity contribution in [1.82, 2.24) is 4.90 Å². The van der Waals surface area contributed by atoms with Crippen molar-refractivity contribution in [2.75, 3.05) is 6.54 Å². The fourth-order valence-electron chi connectivity index (χ4n) is 2.88. The average molecular weight is 275 g/mol. The quantitative estimate of drug-likeness (QED) is 0.934. The van der Waals surface area contributed by atoms with Crippen LogP contribution in [0.25, 0.3) is 10.1 Å². The molecule has 1 unspecified atom stereocenters. The van der Waals surface area contributed by atoms with Crippen molar-refractivity contribution in [1.29, 1.82) is 0 Å². The molecular formula is C15H17NO2S. The van der Waals surface area contributed by atoms with Crippen LogP contribution in [0.5, 0.6) is 0 Å². The first kappa shape index (κ1) is 12.6. The summed E-state index contributed by atoms with van der Waals surface area (Å²) < 4.78 is 1.27. The highest BCUT2D eigenvalue weighted by Gasteiger charge is 2.43. The van der Waals surface area contributed by atoms with Crippen LogP contribution in [0.3, 0.4) is 0 Å². The maximum absolute atomic E-state index is 11.5. The molecule has 100 valence electrons. The molecule has 1 aromatic carbocycles. The minimum Gasteiger partial charge on any atom is -0.480 e. The maximum atomic E-state index is 11.5. The summed E-state index contributed by atoms with van der Waals surface area (Å²) in [4.78, 5) is 13.6. The summed E-state index contributed by atoms with van der Waals surface area (Å²) in [7, 11) is 0. The van der Waals surface area contributed by atoms with Gasteiger partial charge in [0.05, 0.1) is 0 Å². The van der Waals surface area contributed by atoms with Gasteiger partial charge in [0, 0.05) is 11.2 Å². The second kappa shape index (κ2) is 4.62. The van der Waals surface area contributed by atoms with E-state index in [2.05, 4.69) is 22.4 Å². The molecular weight excluding hydrogens is 258 g/mol. The topological polar surface area (TPSA) is 40.5 Å². The van der Waals surface area contributed by atoms with Crippen molar-refractivity contribution in [2.24, 2.45) is 0 Å². The van der Waals surface area contributed by atoms with E-state index in [1.54, 1.807) is 11.3 Å². The number of rotatable bonds is 3. The fourth-order valence-corrected chi connectivity index (χ4v) is 3.83. The maximum Gasteiger partial charge on any atom is 0.323 e. The van der Waals surface area contributed by atoms with Crippen molar-refractivity contribution in [3.8, 4) is 0 Å². The Balaban J connectivity index is 1.91. The van der Waals surface area contributed by atoms with E-state index >= 15 is 0 Å². The van der Waals surface area contributed by atoms with Gasteiger partial charge in [-0.15, -0.1) is 11.3 Å². The highest BCUT2D eigenvalue weighted by molar-refractivity contribution is 7.17. The molecule has 0 aliphatic carbocycles. The van der Waals surface area contributed by atoms with E-state index in [-0.39, 0.29) is 0 Å². The van der Waals surface area contributed by atoms with Crippen LogP contribution < -0.4 is 0 Å². The number of thiophene rings is 1. The minimum atomic E-state index is -0.705. The van der Waals surface area contributed by atoms with Crippen molar-refractivity contribution >= 4 is 27.4 Å². The predicted molar refractivity (Wildman–Crippen MR) is 77.5 cm³/mol. The van der Waals surface area contributed by atoms with Gasteiger partial charge in [-0.1, -0.05) is 18.2 Å². The van der Waals surface area contributed by atoms with Gasteiger partial charge in [0.2, 0.25) is 0 Å². The summed E-state index contributed by atoms with van der Waals surface area (Å²) in [5.74, 6) is -0.704. The second-order valence-corrected chi connectivity index (χ2v) is 6.27. The molecule has 1 saturated heterocycles. The van der Waals surface area contributed by atoms with Gasteiger partial charge in [-0.2, -0.15) is 0 Å². The van der Waals surface area contributed by atoms with Crippen LogP contribution in [0.4, 0.5) is 0 Å². The third-order valence-corrected chi connectivity index (χ3v) is 5.18. The van der Waals surface area contributed by atoms with Crippen LogP contribution in [0.2, 0.25) is 0 Å². The van der Waals surface area contributed by atoms with Crippen molar-refractivity contribution in [3.63, 3.8) is 0 Å². The average Bonchev–Trinajstić information content (AvgIpc) is 2.97. The molecule has 0 spiro atoms. The van der Waals surface area contributed by atoms with Crippen LogP contribution >= 0.6 is 11.3 Å². The standard InChI is InChI=1S/C15H17NO2S/c1-15(14(17)18)7-4-8-16(15)9-11-10-19-13-6-3-2-5-12(11)13/h2-3,5-6,10H,4,7-9H2,1H3,(H,17,18). The van der Waals surface area contributed by atoms with Gasteiger partial charge in [-0.25, -0.2) is 0 Å². The first-order valence-corrected chi connectivity index (χ1v) is 7.43. The number of carboxylic acid groups (broad SMARTS) is 1. The van der Waals surface area contributed by atoms with Crippen molar-refractivity contribution in [3.05, 3.63) is 35.2 Å². The number of aliphatic carboxylic acids is 1. The molecule has 3 nitrogen and oxygen atoms in total. The van der Waals surface area contributed by atoms with Gasteiger partial charge in [0.25, 0.3) is 0 Å². The van der Waals surface area contributed by atoms with E-state index in [0.717, 1.165) is 25.9 Å². The lowest BCUT2D eigenvalue weighted by Gasteiger charge is -2.30. The van der Waals surface area contributed by atoms with Crippen molar-refractivity contribution < 1.29 is 9.90 Å². The summed E-state index contributed by atoms with van der Waals surface area (Å²) in [5, 5.41) is 12.9. The number of fused-ring (bicyclic) bond motifs is 1. The molecule has 2 heterocycles. The zero-order chi connectivity index (χ0) is 13.5. The lowest BCUT2D eigenvalue weighted by Crippen LogP contribution is -2.47. The Morgan fingerprint density at radius 2 is 2.26 bits per heavy atom. The van der Waals surface area contributed by atoms with Gasteiger partial charge in [-0.3, -0.25) is 9.69 Å². The SMILES string of the molecule is CC1(C(=O)O)CCCN1Cc1csc2ccccc12. The van der Waals surface area contributed by atoms with E-state index in [1.807, 2.05) is 19.1 Å². The van der Waals surface area contributed by atoms with E-state index in [0.29, 0.717) is 0 Å². The number of nitrogens with zero attached hydrogens (tertiary/aromatic N) is 1. The van der Waals surface area contributed by atoms with E-state index in [9.17, 15) is 9.90 Å². The van der Waals surface area contributed by atoms with E-state index in [4.69, 9.17) is 0 Å². The third-order valence-electron chi connectivity index (χ3n) is 4.17. The first-order chi connectivity index (χ1) is 9.11. The monoisotopic (exact) mass is 275 g/mol. The Hall–Kier alpha value is -1.39. The Labute approximate surface area is 116 Å². The van der Waals surface area contributed by atoms with Crippen LogP contribution in [0.15, 0.2) is 29.6 Å². The van der Waals surface area contributed by atoms with Gasteiger partial charge >= 0.3 is 5.97 Å². The fraction of sp³-hybridized carbons (Fsp3) is 0.400. The van der Waals surface area contributed by atoms with Crippen molar-refractivity contribution in [2.45, 2.75) is 31.8 Å². The number of hydrogen-bond acceptors (Lipinski definition) is 3. The largest absolute Gasteiger partial charge is 0.480 e. The second-order valence-electron chi connectivity index (χ2n) is 5.36. The lowest BCUT2D eigenvalue weighted by molar-refractivity contribution is -0.148. The smallest absolute Gasteiger partial charge is 0.323 e. The Morgan fingerprint density at radius 3 is 3.05 bits per heavy atom. The molecule has 1 aliphatic rings. The van der Waals surface area contributed by atoms with Crippen LogP contribution in [0.1, 0.15) is 25.3 Å². The summed E-state index contributed by atoms with van der Waals surface area (Å²) in [6.07, 6.45) is 1.70. The molecule has 0 amide bonds. The zero-order valence-corrected chi connectivity index (χ0v) is 11.7. The summed E-state index contributed by atoms with van der Waals surface area (Å²) in [6, 6.07) is 8.32. The molecule has 1 N–H and O–H groups in total. The number of carbonyl (C=O) groups is 1. The van der Waals surface area contributed by atoms with E-state index < -0.39 is 11.5 Å².